The highest BCUT2D eigenvalue weighted by atomic mass is 19.1. The molecule has 0 saturated carbocycles. The highest BCUT2D eigenvalue weighted by Gasteiger charge is 2.20. The van der Waals surface area contributed by atoms with E-state index in [1.54, 1.807) is 13.0 Å². The van der Waals surface area contributed by atoms with Gasteiger partial charge in [0.1, 0.15) is 11.6 Å². The zero-order valence-electron chi connectivity index (χ0n) is 9.58. The van der Waals surface area contributed by atoms with Crippen LogP contribution in [0.25, 0.3) is 0 Å². The predicted octanol–water partition coefficient (Wildman–Crippen LogP) is 2.58. The highest BCUT2D eigenvalue weighted by molar-refractivity contribution is 5.76. The molecule has 0 heterocycles. The molecule has 0 spiro atoms. The Hall–Kier alpha value is -1.58. The topological polar surface area (TPSA) is 46.5 Å². The number of aliphatic carboxylic acids is 1. The van der Waals surface area contributed by atoms with E-state index in [2.05, 4.69) is 0 Å². The number of carbonyl (C=O) groups is 1. The van der Waals surface area contributed by atoms with E-state index in [-0.39, 0.29) is 11.6 Å². The smallest absolute Gasteiger partial charge is 0.310 e. The first kappa shape index (κ1) is 12.5. The molecule has 1 rings (SSSR count). The first-order valence-electron chi connectivity index (χ1n) is 5.10. The van der Waals surface area contributed by atoms with Crippen LogP contribution in [0.4, 0.5) is 4.39 Å². The highest BCUT2D eigenvalue weighted by Crippen LogP contribution is 2.29. The number of aryl methyl sites for hydroxylation is 1. The van der Waals surface area contributed by atoms with Gasteiger partial charge in [-0.05, 0) is 25.0 Å². The summed E-state index contributed by atoms with van der Waals surface area (Å²) in [6.07, 6.45) is 0.523. The van der Waals surface area contributed by atoms with E-state index < -0.39 is 11.9 Å². The average Bonchev–Trinajstić information content (AvgIpc) is 2.27. The van der Waals surface area contributed by atoms with Crippen LogP contribution in [-0.2, 0) is 11.2 Å². The molecule has 1 atom stereocenters. The van der Waals surface area contributed by atoms with E-state index in [1.807, 2.05) is 6.92 Å². The fraction of sp³-hybridized carbons (Fsp3) is 0.417. The van der Waals surface area contributed by atoms with Crippen LogP contribution in [0.2, 0.25) is 0 Å². The van der Waals surface area contributed by atoms with Gasteiger partial charge in [-0.2, -0.15) is 0 Å². The van der Waals surface area contributed by atoms with Crippen molar-refractivity contribution in [1.82, 2.24) is 0 Å². The quantitative estimate of drug-likeness (QED) is 0.858. The van der Waals surface area contributed by atoms with Crippen molar-refractivity contribution in [2.45, 2.75) is 26.2 Å². The summed E-state index contributed by atoms with van der Waals surface area (Å²) in [4.78, 5) is 10.9. The van der Waals surface area contributed by atoms with E-state index in [4.69, 9.17) is 9.84 Å². The minimum atomic E-state index is -0.952. The maximum absolute atomic E-state index is 13.5. The summed E-state index contributed by atoms with van der Waals surface area (Å²) >= 11 is 0. The van der Waals surface area contributed by atoms with Gasteiger partial charge in [0.15, 0.2) is 0 Å². The molecule has 1 aromatic carbocycles. The third kappa shape index (κ3) is 2.32. The number of halogens is 1. The lowest BCUT2D eigenvalue weighted by Gasteiger charge is -2.14. The first-order valence-corrected chi connectivity index (χ1v) is 5.10. The summed E-state index contributed by atoms with van der Waals surface area (Å²) in [5.41, 5.74) is 1.01. The summed E-state index contributed by atoms with van der Waals surface area (Å²) in [6.45, 7) is 3.37. The van der Waals surface area contributed by atoms with Crippen LogP contribution in [0.15, 0.2) is 12.1 Å². The molecule has 0 aromatic heterocycles. The maximum Gasteiger partial charge on any atom is 0.310 e. The van der Waals surface area contributed by atoms with Crippen molar-refractivity contribution in [3.8, 4) is 5.75 Å². The summed E-state index contributed by atoms with van der Waals surface area (Å²) < 4.78 is 18.4. The lowest BCUT2D eigenvalue weighted by atomic mass is 9.97. The number of carboxylic acid groups (broad SMARTS) is 1. The van der Waals surface area contributed by atoms with E-state index in [9.17, 15) is 9.18 Å². The standard InChI is InChI=1S/C12H15FO3/c1-4-8-5-9(7(2)12(14)15)11(16-3)6-10(8)13/h5-7H,4H2,1-3H3,(H,14,15). The van der Waals surface area contributed by atoms with Gasteiger partial charge in [-0.15, -0.1) is 0 Å². The molecule has 88 valence electrons. The van der Waals surface area contributed by atoms with Gasteiger partial charge in [-0.1, -0.05) is 6.92 Å². The minimum Gasteiger partial charge on any atom is -0.496 e. The molecule has 0 aliphatic carbocycles. The number of hydrogen-bond donors (Lipinski definition) is 1. The molecule has 0 aliphatic heterocycles. The van der Waals surface area contributed by atoms with Gasteiger partial charge >= 0.3 is 5.97 Å². The lowest BCUT2D eigenvalue weighted by molar-refractivity contribution is -0.138. The molecule has 0 radical (unpaired) electrons. The van der Waals surface area contributed by atoms with Crippen molar-refractivity contribution < 1.29 is 19.0 Å². The average molecular weight is 226 g/mol. The molecular formula is C12H15FO3. The molecule has 16 heavy (non-hydrogen) atoms. The van der Waals surface area contributed by atoms with Crippen molar-refractivity contribution in [3.05, 3.63) is 29.1 Å². The molecule has 0 bridgehead atoms. The van der Waals surface area contributed by atoms with Crippen LogP contribution >= 0.6 is 0 Å². The molecule has 1 unspecified atom stereocenters. The zero-order valence-corrected chi connectivity index (χ0v) is 9.58. The van der Waals surface area contributed by atoms with Gasteiger partial charge in [0.05, 0.1) is 13.0 Å². The van der Waals surface area contributed by atoms with Crippen molar-refractivity contribution in [1.29, 1.82) is 0 Å². The molecule has 1 N–H and O–H groups in total. The number of benzene rings is 1. The second kappa shape index (κ2) is 4.96. The predicted molar refractivity (Wildman–Crippen MR) is 58.4 cm³/mol. The largest absolute Gasteiger partial charge is 0.496 e. The van der Waals surface area contributed by atoms with Gasteiger partial charge < -0.3 is 9.84 Å². The number of rotatable bonds is 4. The summed E-state index contributed by atoms with van der Waals surface area (Å²) in [5.74, 6) is -1.74. The van der Waals surface area contributed by atoms with Gasteiger partial charge in [0.25, 0.3) is 0 Å². The number of carboxylic acids is 1. The molecule has 0 amide bonds. The Kier molecular flexibility index (Phi) is 3.88. The lowest BCUT2D eigenvalue weighted by Crippen LogP contribution is -2.10. The Morgan fingerprint density at radius 1 is 1.56 bits per heavy atom. The van der Waals surface area contributed by atoms with Crippen LogP contribution in [0.1, 0.15) is 30.9 Å². The minimum absolute atomic E-state index is 0.282. The first-order chi connectivity index (χ1) is 7.51. The van der Waals surface area contributed by atoms with Gasteiger partial charge in [0.2, 0.25) is 0 Å². The summed E-state index contributed by atoms with van der Waals surface area (Å²) in [6, 6.07) is 2.81. The van der Waals surface area contributed by atoms with E-state index >= 15 is 0 Å². The summed E-state index contributed by atoms with van der Waals surface area (Å²) in [7, 11) is 1.40. The molecule has 4 heteroatoms. The summed E-state index contributed by atoms with van der Waals surface area (Å²) in [5, 5.41) is 8.94. The third-order valence-corrected chi connectivity index (χ3v) is 2.62. The molecular weight excluding hydrogens is 211 g/mol. The Morgan fingerprint density at radius 3 is 2.62 bits per heavy atom. The second-order valence-electron chi connectivity index (χ2n) is 3.60. The van der Waals surface area contributed by atoms with Crippen LogP contribution in [0, 0.1) is 5.82 Å². The normalized spacial score (nSPS) is 12.2. The molecule has 1 aromatic rings. The SMILES string of the molecule is CCc1cc(C(C)C(=O)O)c(OC)cc1F. The Labute approximate surface area is 93.9 Å². The van der Waals surface area contributed by atoms with Crippen LogP contribution in [0.3, 0.4) is 0 Å². The van der Waals surface area contributed by atoms with E-state index in [1.165, 1.54) is 13.2 Å². The van der Waals surface area contributed by atoms with Crippen molar-refractivity contribution in [2.24, 2.45) is 0 Å². The van der Waals surface area contributed by atoms with Gasteiger partial charge in [-0.3, -0.25) is 4.79 Å². The van der Waals surface area contributed by atoms with Crippen LogP contribution < -0.4 is 4.74 Å². The third-order valence-electron chi connectivity index (χ3n) is 2.62. The van der Waals surface area contributed by atoms with Gasteiger partial charge in [0, 0.05) is 11.6 Å². The van der Waals surface area contributed by atoms with Crippen molar-refractivity contribution in [2.75, 3.05) is 7.11 Å². The zero-order chi connectivity index (χ0) is 12.3. The fourth-order valence-corrected chi connectivity index (χ4v) is 1.54. The molecule has 0 fully saturated rings. The van der Waals surface area contributed by atoms with Gasteiger partial charge in [-0.25, -0.2) is 4.39 Å². The Morgan fingerprint density at radius 2 is 2.19 bits per heavy atom. The Balaban J connectivity index is 3.29. The molecule has 3 nitrogen and oxygen atoms in total. The fourth-order valence-electron chi connectivity index (χ4n) is 1.54. The van der Waals surface area contributed by atoms with E-state index in [0.29, 0.717) is 17.5 Å². The van der Waals surface area contributed by atoms with Crippen LogP contribution in [-0.4, -0.2) is 18.2 Å². The monoisotopic (exact) mass is 226 g/mol. The Bertz CT molecular complexity index is 401. The number of hydrogen-bond acceptors (Lipinski definition) is 2. The molecule has 0 saturated heterocycles. The molecule has 0 aliphatic rings. The second-order valence-corrected chi connectivity index (χ2v) is 3.60. The number of ether oxygens (including phenoxy) is 1. The number of methoxy groups -OCH3 is 1. The van der Waals surface area contributed by atoms with Crippen molar-refractivity contribution in [3.63, 3.8) is 0 Å². The van der Waals surface area contributed by atoms with Crippen LogP contribution in [0.5, 0.6) is 5.75 Å². The maximum atomic E-state index is 13.5. The van der Waals surface area contributed by atoms with E-state index in [0.717, 1.165) is 0 Å². The van der Waals surface area contributed by atoms with Crippen molar-refractivity contribution >= 4 is 5.97 Å².